The predicted octanol–water partition coefficient (Wildman–Crippen LogP) is 2.66. The second kappa shape index (κ2) is 7.64. The van der Waals surface area contributed by atoms with Crippen molar-refractivity contribution in [2.45, 2.75) is 26.2 Å². The van der Waals surface area contributed by atoms with Gasteiger partial charge in [-0.05, 0) is 37.1 Å². The van der Waals surface area contributed by atoms with Crippen LogP contribution in [0.2, 0.25) is 0 Å². The lowest BCUT2D eigenvalue weighted by molar-refractivity contribution is -0.137. The fourth-order valence-corrected chi connectivity index (χ4v) is 1.72. The molecule has 3 amide bonds. The van der Waals surface area contributed by atoms with Gasteiger partial charge in [-0.25, -0.2) is 4.79 Å². The molecule has 0 aliphatic carbocycles. The number of imide groups is 1. The highest BCUT2D eigenvalue weighted by molar-refractivity contribution is 9.10. The molecule has 108 valence electrons. The molecular weight excluding hydrogens is 328 g/mol. The highest BCUT2D eigenvalue weighted by Gasteiger charge is 2.09. The maximum atomic E-state index is 11.5. The molecule has 1 aromatic carbocycles. The number of nitrogens with one attached hydrogen (secondary N) is 2. The quantitative estimate of drug-likeness (QED) is 0.766. The summed E-state index contributed by atoms with van der Waals surface area (Å²) in [7, 11) is 0. The molecule has 0 aromatic heterocycles. The summed E-state index contributed by atoms with van der Waals surface area (Å²) in [6.45, 7) is 1.88. The average Bonchev–Trinajstić information content (AvgIpc) is 2.33. The minimum absolute atomic E-state index is 0.000907. The molecule has 0 saturated heterocycles. The van der Waals surface area contributed by atoms with Crippen molar-refractivity contribution >= 4 is 39.5 Å². The first kappa shape index (κ1) is 16.2. The van der Waals surface area contributed by atoms with Crippen LogP contribution in [0.25, 0.3) is 0 Å². The number of carbonyl (C=O) groups excluding carboxylic acids is 2. The van der Waals surface area contributed by atoms with E-state index in [1.807, 2.05) is 6.92 Å². The van der Waals surface area contributed by atoms with E-state index in [1.54, 1.807) is 18.2 Å². The first-order chi connectivity index (χ1) is 9.38. The number of carboxylic acid groups (broad SMARTS) is 1. The van der Waals surface area contributed by atoms with Crippen molar-refractivity contribution < 1.29 is 19.5 Å². The van der Waals surface area contributed by atoms with Gasteiger partial charge in [-0.2, -0.15) is 0 Å². The van der Waals surface area contributed by atoms with E-state index in [9.17, 15) is 14.4 Å². The monoisotopic (exact) mass is 342 g/mol. The number of carboxylic acids is 1. The maximum absolute atomic E-state index is 11.5. The number of urea groups is 1. The molecular formula is C13H15BrN2O4. The standard InChI is InChI=1S/C13H15BrN2O4/c1-8-7-9(5-6-10(8)14)15-13(20)16-11(17)3-2-4-12(18)19/h5-7H,2-4H2,1H3,(H,18,19)(H2,15,16,17,20). The van der Waals surface area contributed by atoms with Crippen molar-refractivity contribution in [3.63, 3.8) is 0 Å². The number of halogens is 1. The molecule has 0 heterocycles. The van der Waals surface area contributed by atoms with Crippen LogP contribution in [0.3, 0.4) is 0 Å². The van der Waals surface area contributed by atoms with Gasteiger partial charge < -0.3 is 10.4 Å². The fourth-order valence-electron chi connectivity index (χ4n) is 1.47. The molecule has 6 nitrogen and oxygen atoms in total. The number of rotatable bonds is 5. The van der Waals surface area contributed by atoms with Crippen molar-refractivity contribution in [3.05, 3.63) is 28.2 Å². The lowest BCUT2D eigenvalue weighted by atomic mass is 10.2. The van der Waals surface area contributed by atoms with Gasteiger partial charge in [0.25, 0.3) is 0 Å². The zero-order valence-electron chi connectivity index (χ0n) is 10.9. The molecule has 1 aromatic rings. The molecule has 0 saturated carbocycles. The van der Waals surface area contributed by atoms with Crippen molar-refractivity contribution in [3.8, 4) is 0 Å². The van der Waals surface area contributed by atoms with Crippen molar-refractivity contribution in [2.75, 3.05) is 5.32 Å². The number of hydrogen-bond donors (Lipinski definition) is 3. The summed E-state index contributed by atoms with van der Waals surface area (Å²) in [5.74, 6) is -1.47. The Hall–Kier alpha value is -1.89. The predicted molar refractivity (Wildman–Crippen MR) is 77.5 cm³/mol. The molecule has 7 heteroatoms. The van der Waals surface area contributed by atoms with Gasteiger partial charge in [-0.15, -0.1) is 0 Å². The largest absolute Gasteiger partial charge is 0.481 e. The van der Waals surface area contributed by atoms with Crippen molar-refractivity contribution in [1.82, 2.24) is 5.32 Å². The van der Waals surface area contributed by atoms with E-state index >= 15 is 0 Å². The molecule has 0 spiro atoms. The summed E-state index contributed by atoms with van der Waals surface area (Å²) in [6.07, 6.45) is 0.103. The SMILES string of the molecule is Cc1cc(NC(=O)NC(=O)CCCC(=O)O)ccc1Br. The van der Waals surface area contributed by atoms with Crippen LogP contribution in [0.15, 0.2) is 22.7 Å². The number of carbonyl (C=O) groups is 3. The minimum Gasteiger partial charge on any atom is -0.481 e. The second-order valence-electron chi connectivity index (χ2n) is 4.21. The third-order valence-corrected chi connectivity index (χ3v) is 3.35. The van der Waals surface area contributed by atoms with Gasteiger partial charge in [-0.1, -0.05) is 15.9 Å². The molecule has 0 aliphatic rings. The molecule has 0 bridgehead atoms. The molecule has 1 rings (SSSR count). The lowest BCUT2D eigenvalue weighted by Crippen LogP contribution is -2.34. The zero-order chi connectivity index (χ0) is 15.1. The summed E-state index contributed by atoms with van der Waals surface area (Å²) in [4.78, 5) is 33.2. The van der Waals surface area contributed by atoms with E-state index in [0.29, 0.717) is 5.69 Å². The van der Waals surface area contributed by atoms with Crippen LogP contribution in [0.5, 0.6) is 0 Å². The highest BCUT2D eigenvalue weighted by Crippen LogP contribution is 2.19. The van der Waals surface area contributed by atoms with Crippen molar-refractivity contribution in [2.24, 2.45) is 0 Å². The van der Waals surface area contributed by atoms with E-state index in [2.05, 4.69) is 26.6 Å². The average molecular weight is 343 g/mol. The third-order valence-electron chi connectivity index (χ3n) is 2.46. The Labute approximate surface area is 124 Å². The summed E-state index contributed by atoms with van der Waals surface area (Å²) in [6, 6.07) is 4.62. The van der Waals surface area contributed by atoms with Crippen LogP contribution in [0.1, 0.15) is 24.8 Å². The van der Waals surface area contributed by atoms with Crippen LogP contribution in [-0.4, -0.2) is 23.0 Å². The third kappa shape index (κ3) is 5.83. The second-order valence-corrected chi connectivity index (χ2v) is 5.07. The number of aliphatic carboxylic acids is 1. The smallest absolute Gasteiger partial charge is 0.325 e. The highest BCUT2D eigenvalue weighted by atomic mass is 79.9. The molecule has 0 unspecified atom stereocenters. The van der Waals surface area contributed by atoms with E-state index in [1.165, 1.54) is 0 Å². The minimum atomic E-state index is -0.965. The number of benzene rings is 1. The molecule has 0 radical (unpaired) electrons. The van der Waals surface area contributed by atoms with Crippen LogP contribution >= 0.6 is 15.9 Å². The number of anilines is 1. The number of aryl methyl sites for hydroxylation is 1. The van der Waals surface area contributed by atoms with Gasteiger partial charge in [0.1, 0.15) is 0 Å². The van der Waals surface area contributed by atoms with Gasteiger partial charge in [0.2, 0.25) is 5.91 Å². The van der Waals surface area contributed by atoms with E-state index in [0.717, 1.165) is 10.0 Å². The molecule has 3 N–H and O–H groups in total. The van der Waals surface area contributed by atoms with Crippen LogP contribution in [-0.2, 0) is 9.59 Å². The topological polar surface area (TPSA) is 95.5 Å². The first-order valence-corrected chi connectivity index (χ1v) is 6.76. The lowest BCUT2D eigenvalue weighted by Gasteiger charge is -2.08. The normalized spacial score (nSPS) is 9.90. The van der Waals surface area contributed by atoms with Gasteiger partial charge in [0.05, 0.1) is 0 Å². The van der Waals surface area contributed by atoms with E-state index < -0.39 is 17.9 Å². The molecule has 0 aliphatic heterocycles. The molecule has 0 fully saturated rings. The Bertz CT molecular complexity index is 531. The van der Waals surface area contributed by atoms with Crippen LogP contribution in [0.4, 0.5) is 10.5 Å². The molecule has 20 heavy (non-hydrogen) atoms. The summed E-state index contributed by atoms with van der Waals surface area (Å²) < 4.78 is 0.924. The Balaban J connectivity index is 2.41. The number of hydrogen-bond acceptors (Lipinski definition) is 3. The van der Waals surface area contributed by atoms with Crippen LogP contribution < -0.4 is 10.6 Å². The fraction of sp³-hybridized carbons (Fsp3) is 0.308. The Morgan fingerprint density at radius 1 is 1.25 bits per heavy atom. The van der Waals surface area contributed by atoms with Gasteiger partial charge in [0.15, 0.2) is 0 Å². The van der Waals surface area contributed by atoms with Gasteiger partial charge in [-0.3, -0.25) is 14.9 Å². The molecule has 0 atom stereocenters. The Kier molecular flexibility index (Phi) is 6.17. The van der Waals surface area contributed by atoms with Gasteiger partial charge >= 0.3 is 12.0 Å². The maximum Gasteiger partial charge on any atom is 0.325 e. The van der Waals surface area contributed by atoms with Crippen LogP contribution in [0, 0.1) is 6.92 Å². The van der Waals surface area contributed by atoms with E-state index in [4.69, 9.17) is 5.11 Å². The first-order valence-electron chi connectivity index (χ1n) is 5.97. The van der Waals surface area contributed by atoms with E-state index in [-0.39, 0.29) is 19.3 Å². The Morgan fingerprint density at radius 2 is 1.95 bits per heavy atom. The zero-order valence-corrected chi connectivity index (χ0v) is 12.5. The summed E-state index contributed by atoms with van der Waals surface area (Å²) in [5, 5.41) is 13.1. The van der Waals surface area contributed by atoms with Crippen molar-refractivity contribution in [1.29, 1.82) is 0 Å². The number of amides is 3. The summed E-state index contributed by atoms with van der Waals surface area (Å²) in [5.41, 5.74) is 1.53. The van der Waals surface area contributed by atoms with Gasteiger partial charge in [0, 0.05) is 23.0 Å². The summed E-state index contributed by atoms with van der Waals surface area (Å²) >= 11 is 3.35. The Morgan fingerprint density at radius 3 is 2.55 bits per heavy atom.